The molecular weight excluding hydrogens is 275 g/mol. The minimum Gasteiger partial charge on any atom is -0.484 e. The maximum absolute atomic E-state index is 13.2. The molecule has 0 saturated heterocycles. The predicted octanol–water partition coefficient (Wildman–Crippen LogP) is 3.23. The lowest BCUT2D eigenvalue weighted by atomic mass is 9.93. The molecule has 0 radical (unpaired) electrons. The van der Waals surface area contributed by atoms with E-state index in [-0.39, 0.29) is 29.1 Å². The number of hydrogen-bond acceptors (Lipinski definition) is 3. The smallest absolute Gasteiger partial charge is 0.336 e. The van der Waals surface area contributed by atoms with Crippen LogP contribution in [0.4, 0.5) is 4.39 Å². The second kappa shape index (κ2) is 5.01. The Labute approximate surface area is 119 Å². The van der Waals surface area contributed by atoms with E-state index in [2.05, 4.69) is 0 Å². The number of rotatable bonds is 2. The number of carbonyl (C=O) groups is 2. The molecule has 106 valence electrons. The summed E-state index contributed by atoms with van der Waals surface area (Å²) < 4.78 is 18.9. The lowest BCUT2D eigenvalue weighted by molar-refractivity contribution is 0.0682. The third-order valence-electron chi connectivity index (χ3n) is 3.42. The molecule has 1 heterocycles. The second-order valence-electron chi connectivity index (χ2n) is 4.77. The van der Waals surface area contributed by atoms with Crippen LogP contribution in [-0.2, 0) is 0 Å². The van der Waals surface area contributed by atoms with E-state index in [9.17, 15) is 19.1 Å². The van der Waals surface area contributed by atoms with Crippen molar-refractivity contribution in [2.75, 3.05) is 0 Å². The van der Waals surface area contributed by atoms with Crippen molar-refractivity contribution in [3.63, 3.8) is 0 Å². The molecule has 0 spiro atoms. The Morgan fingerprint density at radius 2 is 2.00 bits per heavy atom. The molecule has 21 heavy (non-hydrogen) atoms. The van der Waals surface area contributed by atoms with Gasteiger partial charge in [-0.3, -0.25) is 4.79 Å². The number of fused-ring (bicyclic) bond motifs is 1. The molecule has 2 aromatic carbocycles. The van der Waals surface area contributed by atoms with Crippen molar-refractivity contribution in [1.29, 1.82) is 0 Å². The molecule has 0 amide bonds. The molecule has 4 nitrogen and oxygen atoms in total. The van der Waals surface area contributed by atoms with Gasteiger partial charge in [0.1, 0.15) is 17.7 Å². The number of aromatic carboxylic acids is 1. The number of carboxylic acid groups (broad SMARTS) is 1. The lowest BCUT2D eigenvalue weighted by Crippen LogP contribution is -2.22. The van der Waals surface area contributed by atoms with Crippen molar-refractivity contribution in [2.45, 2.75) is 12.5 Å². The summed E-state index contributed by atoms with van der Waals surface area (Å²) in [6.07, 6.45) is -0.691. The molecule has 1 N–H and O–H groups in total. The Hall–Kier alpha value is -2.69. The highest BCUT2D eigenvalue weighted by atomic mass is 19.1. The molecule has 0 aromatic heterocycles. The first-order valence-corrected chi connectivity index (χ1v) is 6.38. The Morgan fingerprint density at radius 1 is 1.24 bits per heavy atom. The average molecular weight is 286 g/mol. The van der Waals surface area contributed by atoms with Gasteiger partial charge in [-0.1, -0.05) is 18.2 Å². The molecule has 2 aromatic rings. The fraction of sp³-hybridized carbons (Fsp3) is 0.125. The van der Waals surface area contributed by atoms with Gasteiger partial charge in [-0.2, -0.15) is 0 Å². The van der Waals surface area contributed by atoms with Gasteiger partial charge in [0.05, 0.1) is 17.5 Å². The number of carbonyl (C=O) groups excluding carboxylic acids is 1. The number of carboxylic acids is 1. The van der Waals surface area contributed by atoms with Crippen molar-refractivity contribution in [3.8, 4) is 5.75 Å². The third kappa shape index (κ3) is 2.38. The van der Waals surface area contributed by atoms with Crippen molar-refractivity contribution in [3.05, 3.63) is 65.0 Å². The topological polar surface area (TPSA) is 63.6 Å². The standard InChI is InChI=1S/C16H11FO4/c17-9-5-6-14-12(7-9)13(18)8-15(21-14)10-3-1-2-4-11(10)16(19)20/h1-7,15H,8H2,(H,19,20). The number of halogens is 1. The zero-order valence-electron chi connectivity index (χ0n) is 10.9. The molecule has 1 aliphatic rings. The molecule has 0 bridgehead atoms. The highest BCUT2D eigenvalue weighted by Gasteiger charge is 2.30. The monoisotopic (exact) mass is 286 g/mol. The summed E-state index contributed by atoms with van der Waals surface area (Å²) in [5.41, 5.74) is 0.730. The first-order chi connectivity index (χ1) is 10.1. The summed E-state index contributed by atoms with van der Waals surface area (Å²) in [5, 5.41) is 9.20. The van der Waals surface area contributed by atoms with Gasteiger partial charge in [0.15, 0.2) is 5.78 Å². The van der Waals surface area contributed by atoms with E-state index < -0.39 is 17.9 Å². The highest BCUT2D eigenvalue weighted by molar-refractivity contribution is 6.00. The van der Waals surface area contributed by atoms with Crippen LogP contribution >= 0.6 is 0 Å². The molecule has 1 atom stereocenters. The minimum absolute atomic E-state index is 0.0131. The van der Waals surface area contributed by atoms with Gasteiger partial charge in [0.2, 0.25) is 0 Å². The summed E-state index contributed by atoms with van der Waals surface area (Å²) in [4.78, 5) is 23.4. The number of hydrogen-bond donors (Lipinski definition) is 1. The number of benzene rings is 2. The number of Topliss-reactive ketones (excluding diaryl/α,β-unsaturated/α-hetero) is 1. The van der Waals surface area contributed by atoms with E-state index in [4.69, 9.17) is 4.74 Å². The van der Waals surface area contributed by atoms with Gasteiger partial charge in [0, 0.05) is 5.56 Å². The normalized spacial score (nSPS) is 17.0. The van der Waals surface area contributed by atoms with Crippen LogP contribution in [0.2, 0.25) is 0 Å². The van der Waals surface area contributed by atoms with Gasteiger partial charge in [0.25, 0.3) is 0 Å². The Bertz CT molecular complexity index is 739. The molecule has 3 rings (SSSR count). The van der Waals surface area contributed by atoms with Crippen LogP contribution in [0.25, 0.3) is 0 Å². The lowest BCUT2D eigenvalue weighted by Gasteiger charge is -2.26. The quantitative estimate of drug-likeness (QED) is 0.920. The summed E-state index contributed by atoms with van der Waals surface area (Å²) in [5.74, 6) is -1.57. The fourth-order valence-corrected chi connectivity index (χ4v) is 2.44. The van der Waals surface area contributed by atoms with Crippen LogP contribution in [0, 0.1) is 5.82 Å². The first-order valence-electron chi connectivity index (χ1n) is 6.38. The average Bonchev–Trinajstić information content (AvgIpc) is 2.47. The van der Waals surface area contributed by atoms with Crippen LogP contribution in [0.5, 0.6) is 5.75 Å². The van der Waals surface area contributed by atoms with Crippen LogP contribution in [0.1, 0.15) is 38.8 Å². The van der Waals surface area contributed by atoms with E-state index >= 15 is 0 Å². The summed E-state index contributed by atoms with van der Waals surface area (Å²) in [7, 11) is 0. The summed E-state index contributed by atoms with van der Waals surface area (Å²) in [6, 6.07) is 10.1. The molecule has 0 fully saturated rings. The molecule has 0 saturated carbocycles. The molecule has 1 unspecified atom stereocenters. The Kier molecular flexibility index (Phi) is 3.17. The maximum Gasteiger partial charge on any atom is 0.336 e. The zero-order valence-corrected chi connectivity index (χ0v) is 10.9. The highest BCUT2D eigenvalue weighted by Crippen LogP contribution is 2.36. The maximum atomic E-state index is 13.2. The van der Waals surface area contributed by atoms with Gasteiger partial charge in [-0.15, -0.1) is 0 Å². The molecular formula is C16H11FO4. The second-order valence-corrected chi connectivity index (χ2v) is 4.77. The van der Waals surface area contributed by atoms with Crippen LogP contribution < -0.4 is 4.74 Å². The van der Waals surface area contributed by atoms with Gasteiger partial charge >= 0.3 is 5.97 Å². The minimum atomic E-state index is -1.08. The largest absolute Gasteiger partial charge is 0.484 e. The zero-order chi connectivity index (χ0) is 15.0. The van der Waals surface area contributed by atoms with Gasteiger partial charge < -0.3 is 9.84 Å². The summed E-state index contributed by atoms with van der Waals surface area (Å²) >= 11 is 0. The van der Waals surface area contributed by atoms with Crippen molar-refractivity contribution in [1.82, 2.24) is 0 Å². The number of ketones is 1. The molecule has 5 heteroatoms. The SMILES string of the molecule is O=C1CC(c2ccccc2C(=O)O)Oc2ccc(F)cc21. The van der Waals surface area contributed by atoms with E-state index in [1.807, 2.05) is 0 Å². The number of ether oxygens (including phenoxy) is 1. The predicted molar refractivity (Wildman–Crippen MR) is 72.1 cm³/mol. The Morgan fingerprint density at radius 3 is 2.76 bits per heavy atom. The first kappa shape index (κ1) is 13.3. The van der Waals surface area contributed by atoms with E-state index in [0.717, 1.165) is 6.07 Å². The fourth-order valence-electron chi connectivity index (χ4n) is 2.44. The van der Waals surface area contributed by atoms with E-state index in [1.165, 1.54) is 18.2 Å². The Balaban J connectivity index is 2.02. The van der Waals surface area contributed by atoms with Crippen LogP contribution in [-0.4, -0.2) is 16.9 Å². The summed E-state index contributed by atoms with van der Waals surface area (Å²) in [6.45, 7) is 0. The van der Waals surface area contributed by atoms with Crippen molar-refractivity contribution < 1.29 is 23.8 Å². The van der Waals surface area contributed by atoms with E-state index in [0.29, 0.717) is 5.56 Å². The molecule has 1 aliphatic heterocycles. The van der Waals surface area contributed by atoms with Gasteiger partial charge in [-0.25, -0.2) is 9.18 Å². The van der Waals surface area contributed by atoms with Crippen molar-refractivity contribution in [2.24, 2.45) is 0 Å². The van der Waals surface area contributed by atoms with Gasteiger partial charge in [-0.05, 0) is 24.3 Å². The van der Waals surface area contributed by atoms with Crippen molar-refractivity contribution >= 4 is 11.8 Å². The van der Waals surface area contributed by atoms with Crippen LogP contribution in [0.15, 0.2) is 42.5 Å². The van der Waals surface area contributed by atoms with Crippen LogP contribution in [0.3, 0.4) is 0 Å². The third-order valence-corrected chi connectivity index (χ3v) is 3.42. The molecule has 0 aliphatic carbocycles. The van der Waals surface area contributed by atoms with E-state index in [1.54, 1.807) is 18.2 Å².